The van der Waals surface area contributed by atoms with Crippen LogP contribution in [0.1, 0.15) is 258 Å². The Balaban J connectivity index is 2.35. The monoisotopic (exact) mass is 1000 g/mol. The Morgan fingerprint density at radius 2 is 0.739 bits per heavy atom. The summed E-state index contributed by atoms with van der Waals surface area (Å²) in [5.41, 5.74) is 0. The second-order valence-electron chi connectivity index (χ2n) is 19.8. The van der Waals surface area contributed by atoms with E-state index in [0.717, 1.165) is 51.4 Å². The lowest BCUT2D eigenvalue weighted by molar-refractivity contribution is -0.220. The van der Waals surface area contributed by atoms with Crippen molar-refractivity contribution >= 4 is 19.8 Å². The molecule has 1 fully saturated rings. The molecule has 0 aromatic heterocycles. The van der Waals surface area contributed by atoms with Gasteiger partial charge in [-0.2, -0.15) is 0 Å². The zero-order valence-corrected chi connectivity index (χ0v) is 44.5. The number of carbonyl (C=O) groups excluding carboxylic acids is 2. The van der Waals surface area contributed by atoms with E-state index in [1.807, 2.05) is 0 Å². The normalized spacial score (nSPS) is 21.0. The molecule has 0 radical (unpaired) electrons. The molecular weight excluding hydrogens is 900 g/mol. The van der Waals surface area contributed by atoms with E-state index in [-0.39, 0.29) is 12.8 Å². The fourth-order valence-corrected chi connectivity index (χ4v) is 9.72. The van der Waals surface area contributed by atoms with E-state index >= 15 is 0 Å². The molecule has 1 saturated carbocycles. The van der Waals surface area contributed by atoms with E-state index in [0.29, 0.717) is 12.8 Å². The molecule has 8 atom stereocenters. The van der Waals surface area contributed by atoms with Crippen molar-refractivity contribution in [3.05, 3.63) is 24.3 Å². The van der Waals surface area contributed by atoms with Gasteiger partial charge in [-0.05, 0) is 64.2 Å². The van der Waals surface area contributed by atoms with Crippen LogP contribution in [-0.4, -0.2) is 98.3 Å². The molecule has 0 amide bonds. The molecule has 14 heteroatoms. The van der Waals surface area contributed by atoms with Crippen LogP contribution in [0.25, 0.3) is 0 Å². The van der Waals surface area contributed by atoms with Crippen molar-refractivity contribution in [1.82, 2.24) is 0 Å². The van der Waals surface area contributed by atoms with Gasteiger partial charge in [0.1, 0.15) is 43.2 Å². The maximum Gasteiger partial charge on any atom is 0.472 e. The summed E-state index contributed by atoms with van der Waals surface area (Å²) in [6, 6.07) is 0. The van der Waals surface area contributed by atoms with Gasteiger partial charge in [0.05, 0.1) is 6.61 Å². The second-order valence-corrected chi connectivity index (χ2v) is 21.2. The minimum Gasteiger partial charge on any atom is -0.462 e. The van der Waals surface area contributed by atoms with Gasteiger partial charge in [-0.1, -0.05) is 205 Å². The number of aliphatic hydroxyl groups is 5. The van der Waals surface area contributed by atoms with Gasteiger partial charge < -0.3 is 39.9 Å². The number of phosphoric acid groups is 1. The number of hydrogen-bond acceptors (Lipinski definition) is 12. The standard InChI is InChI=1S/C55H103O13P/c1-3-5-7-9-11-13-15-17-19-21-23-24-26-28-30-32-34-36-38-40-42-44-49(57)67-47(46-66-69(63,64)68-55-53(61)51(59)50(58)52(60)54(55)62)45-65-48(56)43-41-39-37-35-33-31-29-27-25-22-20-18-16-14-12-10-8-6-4-2/h17-20,47,50-55,58-62H,3-16,21-46H2,1-2H3,(H,63,64)/b19-17+,20-18+/t47-,50?,51-,52?,53?,54?,55?/m1/s1. The Hall–Kier alpha value is -1.67. The van der Waals surface area contributed by atoms with Gasteiger partial charge in [0.15, 0.2) is 6.10 Å². The smallest absolute Gasteiger partial charge is 0.462 e. The van der Waals surface area contributed by atoms with Crippen LogP contribution in [0, 0.1) is 0 Å². The molecule has 0 aliphatic heterocycles. The van der Waals surface area contributed by atoms with Crippen molar-refractivity contribution < 1.29 is 63.1 Å². The van der Waals surface area contributed by atoms with Gasteiger partial charge in [0, 0.05) is 12.8 Å². The Kier molecular flexibility index (Phi) is 42.6. The minimum absolute atomic E-state index is 0.0984. The molecule has 69 heavy (non-hydrogen) atoms. The van der Waals surface area contributed by atoms with Crippen LogP contribution >= 0.6 is 7.82 Å². The lowest BCUT2D eigenvalue weighted by Gasteiger charge is -2.41. The molecule has 0 aromatic carbocycles. The third-order valence-electron chi connectivity index (χ3n) is 13.3. The number of esters is 2. The van der Waals surface area contributed by atoms with Gasteiger partial charge >= 0.3 is 19.8 Å². The number of allylic oxidation sites excluding steroid dienone is 4. The molecule has 6 unspecified atom stereocenters. The molecule has 1 aliphatic carbocycles. The van der Waals surface area contributed by atoms with Crippen LogP contribution in [0.2, 0.25) is 0 Å². The van der Waals surface area contributed by atoms with Crippen LogP contribution in [0.15, 0.2) is 24.3 Å². The fourth-order valence-electron chi connectivity index (χ4n) is 8.75. The zero-order chi connectivity index (χ0) is 50.6. The molecule has 6 N–H and O–H groups in total. The van der Waals surface area contributed by atoms with Crippen LogP contribution in [0.3, 0.4) is 0 Å². The van der Waals surface area contributed by atoms with E-state index in [2.05, 4.69) is 38.2 Å². The van der Waals surface area contributed by atoms with Crippen LogP contribution in [0.5, 0.6) is 0 Å². The average Bonchev–Trinajstić information content (AvgIpc) is 3.33. The molecule has 0 spiro atoms. The molecular formula is C55H103O13P. The van der Waals surface area contributed by atoms with Gasteiger partial charge in [0.25, 0.3) is 0 Å². The van der Waals surface area contributed by atoms with E-state index < -0.39 is 75.7 Å². The van der Waals surface area contributed by atoms with Crippen molar-refractivity contribution in [3.8, 4) is 0 Å². The Morgan fingerprint density at radius 1 is 0.435 bits per heavy atom. The molecule has 0 heterocycles. The molecule has 13 nitrogen and oxygen atoms in total. The Labute approximate surface area is 419 Å². The first-order valence-electron chi connectivity index (χ1n) is 28.1. The van der Waals surface area contributed by atoms with E-state index in [9.17, 15) is 44.6 Å². The third-order valence-corrected chi connectivity index (χ3v) is 14.3. The first-order valence-corrected chi connectivity index (χ1v) is 29.6. The third kappa shape index (κ3) is 36.8. The summed E-state index contributed by atoms with van der Waals surface area (Å²) in [4.78, 5) is 35.9. The number of phosphoric ester groups is 1. The van der Waals surface area contributed by atoms with E-state index in [1.165, 1.54) is 167 Å². The van der Waals surface area contributed by atoms with Crippen molar-refractivity contribution in [2.24, 2.45) is 0 Å². The summed E-state index contributed by atoms with van der Waals surface area (Å²) >= 11 is 0. The number of ether oxygens (including phenoxy) is 2. The first-order chi connectivity index (χ1) is 33.4. The number of unbranched alkanes of at least 4 members (excludes halogenated alkanes) is 32. The summed E-state index contributed by atoms with van der Waals surface area (Å²) in [6.07, 6.45) is 39.3. The lowest BCUT2D eigenvalue weighted by atomic mass is 9.85. The number of hydrogen-bond donors (Lipinski definition) is 6. The zero-order valence-electron chi connectivity index (χ0n) is 43.6. The SMILES string of the molecule is CCCCCCCC/C=C/CCCCCCCCCCCCCC(=O)O[C@H](COC(=O)CCCCCCCCCCC/C=C/CCCCCCCC)COP(=O)(O)OC1C(O)C(O)C(O)[C@@H](O)C1O. The van der Waals surface area contributed by atoms with Gasteiger partial charge in [-0.3, -0.25) is 18.6 Å². The van der Waals surface area contributed by atoms with E-state index in [4.69, 9.17) is 18.5 Å². The topological polar surface area (TPSA) is 210 Å². The highest BCUT2D eigenvalue weighted by Gasteiger charge is 2.51. The quantitative estimate of drug-likeness (QED) is 0.0145. The van der Waals surface area contributed by atoms with Crippen molar-refractivity contribution in [2.45, 2.75) is 301 Å². The Morgan fingerprint density at radius 3 is 1.10 bits per heavy atom. The van der Waals surface area contributed by atoms with Crippen LogP contribution < -0.4 is 0 Å². The first kappa shape index (κ1) is 65.3. The average molecular weight is 1000 g/mol. The molecule has 1 rings (SSSR count). The van der Waals surface area contributed by atoms with Gasteiger partial charge in [-0.15, -0.1) is 0 Å². The van der Waals surface area contributed by atoms with Crippen molar-refractivity contribution in [3.63, 3.8) is 0 Å². The molecule has 0 bridgehead atoms. The maximum absolute atomic E-state index is 12.9. The van der Waals surface area contributed by atoms with Gasteiger partial charge in [0.2, 0.25) is 0 Å². The highest BCUT2D eigenvalue weighted by molar-refractivity contribution is 7.47. The number of rotatable bonds is 48. The lowest BCUT2D eigenvalue weighted by Crippen LogP contribution is -2.64. The minimum atomic E-state index is -5.12. The largest absolute Gasteiger partial charge is 0.472 e. The summed E-state index contributed by atoms with van der Waals surface area (Å²) in [7, 11) is -5.12. The summed E-state index contributed by atoms with van der Waals surface area (Å²) < 4.78 is 33.7. The summed E-state index contributed by atoms with van der Waals surface area (Å²) in [6.45, 7) is 3.34. The number of carbonyl (C=O) groups is 2. The number of aliphatic hydroxyl groups excluding tert-OH is 5. The molecule has 0 aromatic rings. The molecule has 406 valence electrons. The fraction of sp³-hybridized carbons (Fsp3) is 0.891. The predicted molar refractivity (Wildman–Crippen MR) is 277 cm³/mol. The molecule has 1 aliphatic rings. The highest BCUT2D eigenvalue weighted by atomic mass is 31.2. The second kappa shape index (κ2) is 45.0. The highest BCUT2D eigenvalue weighted by Crippen LogP contribution is 2.47. The van der Waals surface area contributed by atoms with Crippen LogP contribution in [-0.2, 0) is 32.7 Å². The van der Waals surface area contributed by atoms with Gasteiger partial charge in [-0.25, -0.2) is 4.57 Å². The predicted octanol–water partition coefficient (Wildman–Crippen LogP) is 12.7. The van der Waals surface area contributed by atoms with E-state index in [1.54, 1.807) is 0 Å². The maximum atomic E-state index is 12.9. The molecule has 0 saturated heterocycles. The van der Waals surface area contributed by atoms with Crippen molar-refractivity contribution in [1.29, 1.82) is 0 Å². The summed E-state index contributed by atoms with van der Waals surface area (Å²) in [5, 5.41) is 50.4. The Bertz CT molecular complexity index is 1300. The van der Waals surface area contributed by atoms with Crippen molar-refractivity contribution in [2.75, 3.05) is 13.2 Å². The van der Waals surface area contributed by atoms with Crippen LogP contribution in [0.4, 0.5) is 0 Å². The summed E-state index contributed by atoms with van der Waals surface area (Å²) in [5.74, 6) is -1.09.